The average Bonchev–Trinajstić information content (AvgIpc) is 2.76. The van der Waals surface area contributed by atoms with E-state index < -0.39 is 5.97 Å². The van der Waals surface area contributed by atoms with Crippen molar-refractivity contribution in [1.29, 1.82) is 0 Å². The molecule has 7 heteroatoms. The highest BCUT2D eigenvalue weighted by Crippen LogP contribution is 2.32. The number of fused-ring (bicyclic) bond motifs is 1. The monoisotopic (exact) mass is 342 g/mol. The molecule has 0 saturated carbocycles. The second-order valence-corrected chi connectivity index (χ2v) is 4.70. The Hall–Kier alpha value is -1.86. The van der Waals surface area contributed by atoms with Crippen molar-refractivity contribution < 1.29 is 19.1 Å². The number of carbonyl (C=O) groups is 2. The van der Waals surface area contributed by atoms with E-state index in [0.717, 1.165) is 10.2 Å². The van der Waals surface area contributed by atoms with E-state index in [1.807, 2.05) is 14.1 Å². The van der Waals surface area contributed by atoms with Gasteiger partial charge in [0.2, 0.25) is 5.76 Å². The van der Waals surface area contributed by atoms with Gasteiger partial charge in [-0.05, 0) is 36.1 Å². The summed E-state index contributed by atoms with van der Waals surface area (Å²) in [6.07, 6.45) is 0.487. The van der Waals surface area contributed by atoms with Crippen LogP contribution in [0.15, 0.2) is 21.0 Å². The molecule has 0 radical (unpaired) electrons. The Balaban J connectivity index is 0.000000612. The van der Waals surface area contributed by atoms with Crippen molar-refractivity contribution in [3.05, 3.63) is 27.9 Å². The highest BCUT2D eigenvalue weighted by atomic mass is 79.9. The van der Waals surface area contributed by atoms with Crippen molar-refractivity contribution in [2.24, 2.45) is 0 Å². The van der Waals surface area contributed by atoms with E-state index in [2.05, 4.69) is 26.6 Å². The minimum absolute atomic E-state index is 0.0517. The number of aromatic carboxylic acids is 1. The number of nitrogens with one attached hydrogen (secondary N) is 2. The predicted octanol–water partition coefficient (Wildman–Crippen LogP) is 2.58. The molecule has 1 heterocycles. The summed E-state index contributed by atoms with van der Waals surface area (Å²) in [5.74, 6) is -1.60. The second-order valence-electron chi connectivity index (χ2n) is 3.85. The van der Waals surface area contributed by atoms with Gasteiger partial charge in [-0.15, -0.1) is 0 Å². The minimum atomic E-state index is -1.26. The number of hydrogen-bond donors (Lipinski definition) is 3. The van der Waals surface area contributed by atoms with Crippen molar-refractivity contribution in [3.8, 4) is 0 Å². The van der Waals surface area contributed by atoms with Gasteiger partial charge in [0, 0.05) is 23.0 Å². The van der Waals surface area contributed by atoms with E-state index in [-0.39, 0.29) is 11.3 Å². The summed E-state index contributed by atoms with van der Waals surface area (Å²) >= 11 is 3.32. The largest absolute Gasteiger partial charge is 0.475 e. The number of halogens is 1. The Kier molecular flexibility index (Phi) is 5.72. The van der Waals surface area contributed by atoms with Crippen molar-refractivity contribution in [2.45, 2.75) is 0 Å². The van der Waals surface area contributed by atoms with Gasteiger partial charge in [0.25, 0.3) is 0 Å². The van der Waals surface area contributed by atoms with Gasteiger partial charge in [-0.2, -0.15) is 0 Å². The Labute approximate surface area is 124 Å². The van der Waals surface area contributed by atoms with Crippen molar-refractivity contribution in [1.82, 2.24) is 5.32 Å². The first kappa shape index (κ1) is 16.2. The lowest BCUT2D eigenvalue weighted by Gasteiger charge is -2.02. The van der Waals surface area contributed by atoms with Gasteiger partial charge in [0.15, 0.2) is 6.29 Å². The average molecular weight is 343 g/mol. The Bertz CT molecular complexity index is 637. The lowest BCUT2D eigenvalue weighted by molar-refractivity contribution is 0.0661. The summed E-state index contributed by atoms with van der Waals surface area (Å²) < 4.78 is 5.89. The number of hydrogen-bond acceptors (Lipinski definition) is 5. The van der Waals surface area contributed by atoms with E-state index in [4.69, 9.17) is 9.52 Å². The molecular weight excluding hydrogens is 328 g/mol. The Morgan fingerprint density at radius 1 is 1.35 bits per heavy atom. The Morgan fingerprint density at radius 3 is 2.40 bits per heavy atom. The maximum atomic E-state index is 10.9. The van der Waals surface area contributed by atoms with Crippen LogP contribution < -0.4 is 10.6 Å². The molecule has 1 aromatic carbocycles. The number of furan rings is 1. The topological polar surface area (TPSA) is 91.6 Å². The molecule has 6 nitrogen and oxygen atoms in total. The first-order valence-corrected chi connectivity index (χ1v) is 6.50. The van der Waals surface area contributed by atoms with Gasteiger partial charge in [-0.1, -0.05) is 0 Å². The summed E-state index contributed by atoms with van der Waals surface area (Å²) in [5.41, 5.74) is 1.16. The molecule has 0 saturated heterocycles. The van der Waals surface area contributed by atoms with Crippen LogP contribution in [0, 0.1) is 0 Å². The number of anilines is 1. The van der Waals surface area contributed by atoms with Crippen LogP contribution in [0.2, 0.25) is 0 Å². The van der Waals surface area contributed by atoms with E-state index in [1.165, 1.54) is 0 Å². The number of carbonyl (C=O) groups excluding carboxylic acids is 1. The molecule has 0 unspecified atom stereocenters. The molecule has 0 amide bonds. The van der Waals surface area contributed by atoms with Gasteiger partial charge in [0.05, 0.1) is 11.3 Å². The van der Waals surface area contributed by atoms with Crippen molar-refractivity contribution in [2.75, 3.05) is 26.5 Å². The number of aldehydes is 1. The van der Waals surface area contributed by atoms with Crippen LogP contribution in [-0.4, -0.2) is 38.5 Å². The summed E-state index contributed by atoms with van der Waals surface area (Å²) in [6.45, 7) is 0. The van der Waals surface area contributed by atoms with E-state index in [1.54, 1.807) is 19.2 Å². The highest BCUT2D eigenvalue weighted by Gasteiger charge is 2.20. The van der Waals surface area contributed by atoms with Crippen LogP contribution in [0.4, 0.5) is 5.69 Å². The molecule has 0 aliphatic carbocycles. The van der Waals surface area contributed by atoms with Crippen LogP contribution in [0.1, 0.15) is 20.9 Å². The van der Waals surface area contributed by atoms with Gasteiger partial charge in [0.1, 0.15) is 5.58 Å². The molecule has 0 fully saturated rings. The van der Waals surface area contributed by atoms with Gasteiger partial charge >= 0.3 is 5.97 Å². The van der Waals surface area contributed by atoms with E-state index >= 15 is 0 Å². The fourth-order valence-corrected chi connectivity index (χ4v) is 2.14. The number of benzene rings is 1. The molecule has 3 N–H and O–H groups in total. The van der Waals surface area contributed by atoms with Crippen LogP contribution in [0.5, 0.6) is 0 Å². The molecule has 108 valence electrons. The summed E-state index contributed by atoms with van der Waals surface area (Å²) in [7, 11) is 5.48. The van der Waals surface area contributed by atoms with E-state index in [0.29, 0.717) is 17.3 Å². The van der Waals surface area contributed by atoms with Gasteiger partial charge in [-0.25, -0.2) is 4.79 Å². The van der Waals surface area contributed by atoms with Crippen LogP contribution in [0.25, 0.3) is 11.0 Å². The standard InChI is InChI=1S/C11H8BrNO4.C2H7N/c1-13-8-3-9-5(2-7(8)12)6(4-14)10(17-9)11(15)16;1-3-2/h2-4,13H,1H3,(H,15,16);3H,1-2H3. The second kappa shape index (κ2) is 7.06. The number of carboxylic acids is 1. The highest BCUT2D eigenvalue weighted by molar-refractivity contribution is 9.10. The lowest BCUT2D eigenvalue weighted by Crippen LogP contribution is -1.97. The molecule has 2 rings (SSSR count). The fraction of sp³-hybridized carbons (Fsp3) is 0.231. The summed E-state index contributed by atoms with van der Waals surface area (Å²) in [6, 6.07) is 3.29. The third kappa shape index (κ3) is 3.17. The van der Waals surface area contributed by atoms with Crippen molar-refractivity contribution in [3.63, 3.8) is 0 Å². The molecule has 0 atom stereocenters. The number of carboxylic acid groups (broad SMARTS) is 1. The van der Waals surface area contributed by atoms with E-state index in [9.17, 15) is 9.59 Å². The van der Waals surface area contributed by atoms with Crippen LogP contribution in [0.3, 0.4) is 0 Å². The molecular formula is C13H15BrN2O4. The first-order valence-electron chi connectivity index (χ1n) is 5.70. The molecule has 0 spiro atoms. The number of rotatable bonds is 3. The maximum absolute atomic E-state index is 10.9. The third-order valence-electron chi connectivity index (χ3n) is 2.40. The third-order valence-corrected chi connectivity index (χ3v) is 3.05. The first-order chi connectivity index (χ1) is 9.49. The lowest BCUT2D eigenvalue weighted by atomic mass is 10.1. The summed E-state index contributed by atoms with van der Waals surface area (Å²) in [4.78, 5) is 21.8. The predicted molar refractivity (Wildman–Crippen MR) is 80.8 cm³/mol. The summed E-state index contributed by atoms with van der Waals surface area (Å²) in [5, 5.41) is 15.1. The SMILES string of the molecule is CNC.CNc1cc2oc(C(=O)O)c(C=O)c2cc1Br. The molecule has 0 bridgehead atoms. The molecule has 20 heavy (non-hydrogen) atoms. The minimum Gasteiger partial charge on any atom is -0.475 e. The fourth-order valence-electron chi connectivity index (χ4n) is 1.60. The zero-order chi connectivity index (χ0) is 15.3. The van der Waals surface area contributed by atoms with Crippen LogP contribution in [-0.2, 0) is 0 Å². The molecule has 1 aromatic heterocycles. The molecule has 2 aromatic rings. The quantitative estimate of drug-likeness (QED) is 0.742. The maximum Gasteiger partial charge on any atom is 0.372 e. The smallest absolute Gasteiger partial charge is 0.372 e. The van der Waals surface area contributed by atoms with Gasteiger partial charge < -0.3 is 20.2 Å². The Morgan fingerprint density at radius 2 is 1.95 bits per heavy atom. The zero-order valence-electron chi connectivity index (χ0n) is 11.3. The zero-order valence-corrected chi connectivity index (χ0v) is 12.9. The van der Waals surface area contributed by atoms with Crippen LogP contribution >= 0.6 is 15.9 Å². The molecule has 0 aliphatic rings. The van der Waals surface area contributed by atoms with Crippen molar-refractivity contribution >= 4 is 44.8 Å². The normalized spacial score (nSPS) is 9.80. The van der Waals surface area contributed by atoms with Gasteiger partial charge in [-0.3, -0.25) is 4.79 Å². The molecule has 0 aliphatic heterocycles.